The number of aryl methyl sites for hydroxylation is 1. The normalized spacial score (nSPS) is 24.6. The van der Waals surface area contributed by atoms with Crippen molar-refractivity contribution in [1.29, 1.82) is 0 Å². The molecule has 7 nitrogen and oxygen atoms in total. The number of ketones is 1. The van der Waals surface area contributed by atoms with Crippen molar-refractivity contribution < 1.29 is 14.1 Å². The Balaban J connectivity index is 1.49. The van der Waals surface area contributed by atoms with E-state index in [1.54, 1.807) is 10.8 Å². The molecule has 0 bridgehead atoms. The van der Waals surface area contributed by atoms with E-state index < -0.39 is 5.43 Å². The van der Waals surface area contributed by atoms with Gasteiger partial charge in [-0.15, -0.1) is 0 Å². The Morgan fingerprint density at radius 2 is 1.88 bits per heavy atom. The highest BCUT2D eigenvalue weighted by molar-refractivity contribution is 7.10. The van der Waals surface area contributed by atoms with Crippen LogP contribution in [-0.2, 0) is 13.0 Å². The standard InChI is InChI=1S/C25H30N3O4P/c1-26-13-17-9-5-6-10-19(17)28-21(26)15-27-14-18(23(30)24(32-33)22(27)25(28)31)20(29)12-11-16-7-3-2-4-8-16/h2-4,7-8,14,17,19,21H,5-6,9-13,15,33H2,1H3/t17-,19-,21-/m0/s1. The predicted molar refractivity (Wildman–Crippen MR) is 128 cm³/mol. The summed E-state index contributed by atoms with van der Waals surface area (Å²) in [6, 6.07) is 9.93. The molecule has 2 aromatic rings. The maximum absolute atomic E-state index is 13.7. The Morgan fingerprint density at radius 1 is 1.12 bits per heavy atom. The summed E-state index contributed by atoms with van der Waals surface area (Å²) < 4.78 is 7.14. The van der Waals surface area contributed by atoms with Crippen molar-refractivity contribution in [2.24, 2.45) is 5.92 Å². The second-order valence-corrected chi connectivity index (χ2v) is 9.71. The molecule has 4 atom stereocenters. The predicted octanol–water partition coefficient (Wildman–Crippen LogP) is 3.12. The number of hydrogen-bond donors (Lipinski definition) is 0. The molecule has 1 amide bonds. The van der Waals surface area contributed by atoms with Gasteiger partial charge in [-0.05, 0) is 37.8 Å². The molecule has 2 fully saturated rings. The molecule has 1 aromatic carbocycles. The number of carbonyl (C=O) groups is 2. The third kappa shape index (κ3) is 3.91. The zero-order valence-corrected chi connectivity index (χ0v) is 20.1. The smallest absolute Gasteiger partial charge is 0.276 e. The number of likely N-dealkylation sites (N-methyl/N-ethyl adjacent to an activating group) is 1. The van der Waals surface area contributed by atoms with Gasteiger partial charge in [0.25, 0.3) is 5.91 Å². The van der Waals surface area contributed by atoms with Crippen molar-refractivity contribution in [2.75, 3.05) is 13.6 Å². The zero-order valence-electron chi connectivity index (χ0n) is 18.9. The van der Waals surface area contributed by atoms with Gasteiger partial charge < -0.3 is 14.0 Å². The fourth-order valence-corrected chi connectivity index (χ4v) is 6.07. The molecule has 0 N–H and O–H groups in total. The maximum Gasteiger partial charge on any atom is 0.276 e. The van der Waals surface area contributed by atoms with Crippen LogP contribution in [0.5, 0.6) is 5.75 Å². The molecular weight excluding hydrogens is 437 g/mol. The van der Waals surface area contributed by atoms with E-state index in [0.717, 1.165) is 31.4 Å². The van der Waals surface area contributed by atoms with Gasteiger partial charge in [-0.3, -0.25) is 19.3 Å². The molecule has 8 heteroatoms. The van der Waals surface area contributed by atoms with Crippen LogP contribution in [0.4, 0.5) is 0 Å². The maximum atomic E-state index is 13.7. The average Bonchev–Trinajstić information content (AvgIpc) is 2.83. The minimum absolute atomic E-state index is 0.0467. The molecule has 3 aliphatic rings. The average molecular weight is 468 g/mol. The fourth-order valence-electron chi connectivity index (χ4n) is 5.85. The lowest BCUT2D eigenvalue weighted by Crippen LogP contribution is -2.66. The number of amides is 1. The Morgan fingerprint density at radius 3 is 2.64 bits per heavy atom. The summed E-state index contributed by atoms with van der Waals surface area (Å²) in [5, 5.41) is 0. The van der Waals surface area contributed by atoms with Crippen molar-refractivity contribution in [2.45, 2.75) is 57.3 Å². The summed E-state index contributed by atoms with van der Waals surface area (Å²) in [6.45, 7) is 1.48. The number of benzene rings is 1. The molecule has 1 saturated heterocycles. The number of hydrogen-bond acceptors (Lipinski definition) is 5. The third-order valence-corrected chi connectivity index (χ3v) is 7.75. The zero-order chi connectivity index (χ0) is 23.1. The van der Waals surface area contributed by atoms with Crippen LogP contribution < -0.4 is 9.95 Å². The lowest BCUT2D eigenvalue weighted by molar-refractivity contribution is -0.0627. The number of pyridine rings is 1. The Bertz CT molecular complexity index is 1130. The van der Waals surface area contributed by atoms with Crippen LogP contribution in [0.25, 0.3) is 0 Å². The number of nitrogens with zero attached hydrogens (tertiary/aromatic N) is 3. The van der Waals surface area contributed by atoms with Gasteiger partial charge in [-0.2, -0.15) is 0 Å². The van der Waals surface area contributed by atoms with Gasteiger partial charge in [-0.25, -0.2) is 0 Å². The lowest BCUT2D eigenvalue weighted by atomic mass is 9.80. The second kappa shape index (κ2) is 9.03. The summed E-state index contributed by atoms with van der Waals surface area (Å²) >= 11 is 0. The molecule has 1 aromatic heterocycles. The molecule has 0 spiro atoms. The number of aromatic nitrogens is 1. The van der Waals surface area contributed by atoms with Crippen LogP contribution in [0.15, 0.2) is 41.3 Å². The minimum atomic E-state index is -0.508. The van der Waals surface area contributed by atoms with Crippen molar-refractivity contribution in [1.82, 2.24) is 14.4 Å². The molecule has 2 aliphatic heterocycles. The van der Waals surface area contributed by atoms with E-state index in [1.165, 1.54) is 6.42 Å². The molecule has 1 saturated carbocycles. The summed E-state index contributed by atoms with van der Waals surface area (Å²) in [4.78, 5) is 44.2. The van der Waals surface area contributed by atoms with Crippen LogP contribution in [0, 0.1) is 5.92 Å². The van der Waals surface area contributed by atoms with Crippen molar-refractivity contribution >= 4 is 21.2 Å². The SMILES string of the molecule is CN1C[C@@H]2CCCC[C@@H]2N2C(=O)c3c(OP)c(=O)c(C(=O)CCc4ccccc4)cn3C[C@@H]12. The molecule has 1 unspecified atom stereocenters. The number of Topliss-reactive ketones (excluding diaryl/α,β-unsaturated/α-hetero) is 1. The first-order valence-electron chi connectivity index (χ1n) is 11.7. The van der Waals surface area contributed by atoms with E-state index >= 15 is 0 Å². The van der Waals surface area contributed by atoms with Crippen molar-refractivity contribution in [3.05, 3.63) is 63.6 Å². The molecule has 174 valence electrons. The van der Waals surface area contributed by atoms with Gasteiger partial charge in [0.15, 0.2) is 17.2 Å². The molecule has 1 aliphatic carbocycles. The summed E-state index contributed by atoms with van der Waals surface area (Å²) in [6.07, 6.45) is 6.71. The quantitative estimate of drug-likeness (QED) is 0.499. The Hall–Kier alpha value is -2.50. The summed E-state index contributed by atoms with van der Waals surface area (Å²) in [7, 11) is 4.14. The highest BCUT2D eigenvalue weighted by Crippen LogP contribution is 2.39. The van der Waals surface area contributed by atoms with Gasteiger partial charge in [0.1, 0.15) is 6.17 Å². The molecular formula is C25H30N3O4P. The van der Waals surface area contributed by atoms with Crippen molar-refractivity contribution in [3.8, 4) is 5.75 Å². The van der Waals surface area contributed by atoms with Gasteiger partial charge in [-0.1, -0.05) is 43.2 Å². The second-order valence-electron chi connectivity index (χ2n) is 9.47. The highest BCUT2D eigenvalue weighted by atomic mass is 31.0. The van der Waals surface area contributed by atoms with Gasteiger partial charge in [0.2, 0.25) is 5.43 Å². The van der Waals surface area contributed by atoms with Gasteiger partial charge >= 0.3 is 0 Å². The molecule has 0 radical (unpaired) electrons. The summed E-state index contributed by atoms with van der Waals surface area (Å²) in [5.74, 6) is 0.00485. The van der Waals surface area contributed by atoms with E-state index in [2.05, 4.69) is 21.4 Å². The monoisotopic (exact) mass is 467 g/mol. The molecule has 3 heterocycles. The van der Waals surface area contributed by atoms with E-state index in [-0.39, 0.29) is 47.3 Å². The van der Waals surface area contributed by atoms with E-state index in [4.69, 9.17) is 4.52 Å². The Kier molecular flexibility index (Phi) is 6.11. The Labute approximate surface area is 196 Å². The highest BCUT2D eigenvalue weighted by Gasteiger charge is 2.47. The van der Waals surface area contributed by atoms with Crippen molar-refractivity contribution in [3.63, 3.8) is 0 Å². The summed E-state index contributed by atoms with van der Waals surface area (Å²) in [5.41, 5.74) is 0.877. The van der Waals surface area contributed by atoms with Gasteiger partial charge in [0, 0.05) is 25.2 Å². The van der Waals surface area contributed by atoms with Crippen LogP contribution in [-0.4, -0.2) is 51.9 Å². The van der Waals surface area contributed by atoms with E-state index in [0.29, 0.717) is 18.9 Å². The minimum Gasteiger partial charge on any atom is -0.474 e. The number of rotatable bonds is 5. The number of fused-ring (bicyclic) bond motifs is 4. The number of carbonyl (C=O) groups excluding carboxylic acids is 2. The fraction of sp³-hybridized carbons (Fsp3) is 0.480. The first-order chi connectivity index (χ1) is 16.0. The van der Waals surface area contributed by atoms with Crippen LogP contribution in [0.3, 0.4) is 0 Å². The molecule has 33 heavy (non-hydrogen) atoms. The van der Waals surface area contributed by atoms with Gasteiger partial charge in [0.05, 0.1) is 21.6 Å². The van der Waals surface area contributed by atoms with Crippen LogP contribution in [0.1, 0.15) is 58.5 Å². The topological polar surface area (TPSA) is 71.8 Å². The van der Waals surface area contributed by atoms with Crippen LogP contribution in [0.2, 0.25) is 0 Å². The molecule has 5 rings (SSSR count). The first-order valence-corrected chi connectivity index (χ1v) is 12.2. The van der Waals surface area contributed by atoms with Crippen LogP contribution >= 0.6 is 9.47 Å². The lowest BCUT2D eigenvalue weighted by Gasteiger charge is -2.54. The third-order valence-electron chi connectivity index (χ3n) is 7.52. The van der Waals surface area contributed by atoms with E-state index in [9.17, 15) is 14.4 Å². The largest absolute Gasteiger partial charge is 0.474 e. The first kappa shape index (κ1) is 22.3. The van der Waals surface area contributed by atoms with E-state index in [1.807, 2.05) is 35.2 Å².